The van der Waals surface area contributed by atoms with Crippen LogP contribution in [0.2, 0.25) is 0 Å². The van der Waals surface area contributed by atoms with Crippen molar-refractivity contribution in [3.63, 3.8) is 0 Å². The third kappa shape index (κ3) is 5.12. The van der Waals surface area contributed by atoms with E-state index in [1.54, 1.807) is 0 Å². The van der Waals surface area contributed by atoms with Crippen molar-refractivity contribution in [2.45, 2.75) is 46.1 Å². The lowest BCUT2D eigenvalue weighted by Gasteiger charge is -2.20. The van der Waals surface area contributed by atoms with Crippen LogP contribution in [0.1, 0.15) is 50.4 Å². The predicted molar refractivity (Wildman–Crippen MR) is 98.4 cm³/mol. The molecule has 3 heteroatoms. The number of carbonyl (C=O) groups is 1. The zero-order valence-corrected chi connectivity index (χ0v) is 15.2. The van der Waals surface area contributed by atoms with Crippen LogP contribution in [0.4, 0.5) is 0 Å². The Labute approximate surface area is 145 Å². The molecule has 0 saturated heterocycles. The van der Waals surface area contributed by atoms with E-state index in [-0.39, 0.29) is 24.0 Å². The largest absolute Gasteiger partial charge is 0.484 e. The van der Waals surface area contributed by atoms with Crippen LogP contribution < -0.4 is 10.1 Å². The number of hydrogen-bond acceptors (Lipinski definition) is 2. The Balaban J connectivity index is 1.89. The van der Waals surface area contributed by atoms with E-state index in [0.29, 0.717) is 5.75 Å². The number of carbonyl (C=O) groups excluding carboxylic acids is 1. The molecule has 1 amide bonds. The molecule has 1 N–H and O–H groups in total. The quantitative estimate of drug-likeness (QED) is 0.876. The number of rotatable bonds is 5. The van der Waals surface area contributed by atoms with Crippen molar-refractivity contribution in [1.29, 1.82) is 0 Å². The van der Waals surface area contributed by atoms with Gasteiger partial charge in [0, 0.05) is 0 Å². The molecule has 2 rings (SSSR count). The van der Waals surface area contributed by atoms with Gasteiger partial charge in [-0.1, -0.05) is 57.2 Å². The maximum absolute atomic E-state index is 12.1. The molecule has 0 unspecified atom stereocenters. The van der Waals surface area contributed by atoms with E-state index in [2.05, 4.69) is 50.4 Å². The van der Waals surface area contributed by atoms with Gasteiger partial charge >= 0.3 is 0 Å². The standard InChI is InChI=1S/C21H27NO2/c1-15-7-6-8-19(13-15)24-14-20(23)22-16(2)17-9-11-18(12-10-17)21(3,4)5/h6-13,16H,14H2,1-5H3,(H,22,23)/t16-/m1/s1. The summed E-state index contributed by atoms with van der Waals surface area (Å²) in [5.41, 5.74) is 3.62. The lowest BCUT2D eigenvalue weighted by Crippen LogP contribution is -2.31. The van der Waals surface area contributed by atoms with Crippen molar-refractivity contribution in [3.05, 3.63) is 65.2 Å². The Morgan fingerprint density at radius 1 is 1.12 bits per heavy atom. The van der Waals surface area contributed by atoms with Crippen molar-refractivity contribution in [2.24, 2.45) is 0 Å². The van der Waals surface area contributed by atoms with Gasteiger partial charge in [-0.2, -0.15) is 0 Å². The SMILES string of the molecule is Cc1cccc(OCC(=O)N[C@H](C)c2ccc(C(C)(C)C)cc2)c1. The Morgan fingerprint density at radius 2 is 1.79 bits per heavy atom. The molecule has 0 spiro atoms. The van der Waals surface area contributed by atoms with E-state index < -0.39 is 0 Å². The summed E-state index contributed by atoms with van der Waals surface area (Å²) in [7, 11) is 0. The number of hydrogen-bond donors (Lipinski definition) is 1. The zero-order chi connectivity index (χ0) is 17.7. The first kappa shape index (κ1) is 18.1. The van der Waals surface area contributed by atoms with Gasteiger partial charge in [0.15, 0.2) is 6.61 Å². The summed E-state index contributed by atoms with van der Waals surface area (Å²) in [4.78, 5) is 12.1. The van der Waals surface area contributed by atoms with Crippen LogP contribution in [0.5, 0.6) is 5.75 Å². The van der Waals surface area contributed by atoms with E-state index in [1.807, 2.05) is 38.1 Å². The highest BCUT2D eigenvalue weighted by atomic mass is 16.5. The highest BCUT2D eigenvalue weighted by Gasteiger charge is 2.15. The van der Waals surface area contributed by atoms with Crippen molar-refractivity contribution in [2.75, 3.05) is 6.61 Å². The molecule has 3 nitrogen and oxygen atoms in total. The van der Waals surface area contributed by atoms with E-state index in [9.17, 15) is 4.79 Å². The minimum absolute atomic E-state index is 0.0217. The van der Waals surface area contributed by atoms with Gasteiger partial charge in [-0.25, -0.2) is 0 Å². The van der Waals surface area contributed by atoms with E-state index in [0.717, 1.165) is 11.1 Å². The third-order valence-electron chi connectivity index (χ3n) is 4.01. The van der Waals surface area contributed by atoms with E-state index >= 15 is 0 Å². The predicted octanol–water partition coefficient (Wildman–Crippen LogP) is 4.55. The molecule has 0 aliphatic carbocycles. The molecule has 2 aromatic carbocycles. The minimum Gasteiger partial charge on any atom is -0.484 e. The van der Waals surface area contributed by atoms with Gasteiger partial charge < -0.3 is 10.1 Å². The Kier molecular flexibility index (Phi) is 5.66. The summed E-state index contributed by atoms with van der Waals surface area (Å²) in [6.07, 6.45) is 0. The summed E-state index contributed by atoms with van der Waals surface area (Å²) >= 11 is 0. The molecule has 0 aliphatic heterocycles. The first-order valence-electron chi connectivity index (χ1n) is 8.35. The van der Waals surface area contributed by atoms with Crippen molar-refractivity contribution in [3.8, 4) is 5.75 Å². The van der Waals surface area contributed by atoms with Gasteiger partial charge in [-0.3, -0.25) is 4.79 Å². The van der Waals surface area contributed by atoms with E-state index in [4.69, 9.17) is 4.74 Å². The molecule has 0 fully saturated rings. The number of benzene rings is 2. The molecule has 0 aromatic heterocycles. The number of amides is 1. The molecule has 0 bridgehead atoms. The molecule has 0 radical (unpaired) electrons. The van der Waals surface area contributed by atoms with Gasteiger partial charge in [0.2, 0.25) is 0 Å². The van der Waals surface area contributed by atoms with Crippen LogP contribution in [0.15, 0.2) is 48.5 Å². The Bertz CT molecular complexity index is 684. The molecular formula is C21H27NO2. The summed E-state index contributed by atoms with van der Waals surface area (Å²) < 4.78 is 5.54. The highest BCUT2D eigenvalue weighted by Crippen LogP contribution is 2.23. The van der Waals surface area contributed by atoms with Gasteiger partial charge in [0.1, 0.15) is 5.75 Å². The molecule has 2 aromatic rings. The summed E-state index contributed by atoms with van der Waals surface area (Å²) in [5.74, 6) is 0.594. The fourth-order valence-electron chi connectivity index (χ4n) is 2.49. The van der Waals surface area contributed by atoms with E-state index in [1.165, 1.54) is 5.56 Å². The first-order valence-corrected chi connectivity index (χ1v) is 8.35. The smallest absolute Gasteiger partial charge is 0.258 e. The highest BCUT2D eigenvalue weighted by molar-refractivity contribution is 5.78. The van der Waals surface area contributed by atoms with Crippen LogP contribution >= 0.6 is 0 Å². The molecule has 1 atom stereocenters. The molecule has 24 heavy (non-hydrogen) atoms. The van der Waals surface area contributed by atoms with Crippen LogP contribution in [-0.2, 0) is 10.2 Å². The van der Waals surface area contributed by atoms with Crippen LogP contribution in [0, 0.1) is 6.92 Å². The second-order valence-corrected chi connectivity index (χ2v) is 7.27. The monoisotopic (exact) mass is 325 g/mol. The molecule has 128 valence electrons. The van der Waals surface area contributed by atoms with Crippen LogP contribution in [0.3, 0.4) is 0 Å². The summed E-state index contributed by atoms with van der Waals surface area (Å²) in [5, 5.41) is 2.98. The van der Waals surface area contributed by atoms with Crippen LogP contribution in [-0.4, -0.2) is 12.5 Å². The fraction of sp³-hybridized carbons (Fsp3) is 0.381. The van der Waals surface area contributed by atoms with Crippen molar-refractivity contribution < 1.29 is 9.53 Å². The average Bonchev–Trinajstić information content (AvgIpc) is 2.52. The maximum Gasteiger partial charge on any atom is 0.258 e. The number of nitrogens with one attached hydrogen (secondary N) is 1. The average molecular weight is 325 g/mol. The topological polar surface area (TPSA) is 38.3 Å². The first-order chi connectivity index (χ1) is 11.3. The van der Waals surface area contributed by atoms with Crippen LogP contribution in [0.25, 0.3) is 0 Å². The van der Waals surface area contributed by atoms with Gasteiger partial charge in [0.05, 0.1) is 6.04 Å². The number of aryl methyl sites for hydroxylation is 1. The van der Waals surface area contributed by atoms with Gasteiger partial charge in [-0.15, -0.1) is 0 Å². The second-order valence-electron chi connectivity index (χ2n) is 7.27. The summed E-state index contributed by atoms with van der Waals surface area (Å²) in [6.45, 7) is 10.6. The minimum atomic E-state index is -0.121. The van der Waals surface area contributed by atoms with Crippen molar-refractivity contribution in [1.82, 2.24) is 5.32 Å². The van der Waals surface area contributed by atoms with Gasteiger partial charge in [0.25, 0.3) is 5.91 Å². The van der Waals surface area contributed by atoms with Crippen molar-refractivity contribution >= 4 is 5.91 Å². The summed E-state index contributed by atoms with van der Waals surface area (Å²) in [6, 6.07) is 16.0. The molecule has 0 aliphatic rings. The molecule has 0 saturated carbocycles. The zero-order valence-electron chi connectivity index (χ0n) is 15.2. The van der Waals surface area contributed by atoms with Gasteiger partial charge in [-0.05, 0) is 48.1 Å². The lowest BCUT2D eigenvalue weighted by molar-refractivity contribution is -0.123. The lowest BCUT2D eigenvalue weighted by atomic mass is 9.86. The normalized spacial score (nSPS) is 12.5. The third-order valence-corrected chi connectivity index (χ3v) is 4.01. The number of ether oxygens (including phenoxy) is 1. The fourth-order valence-corrected chi connectivity index (χ4v) is 2.49. The molecular weight excluding hydrogens is 298 g/mol. The maximum atomic E-state index is 12.1. The second kappa shape index (κ2) is 7.52. The Morgan fingerprint density at radius 3 is 2.38 bits per heavy atom. The molecule has 0 heterocycles. The Hall–Kier alpha value is -2.29.